The average Bonchev–Trinajstić information content (AvgIpc) is 3.19. The summed E-state index contributed by atoms with van der Waals surface area (Å²) in [5, 5.41) is 0.151. The van der Waals surface area contributed by atoms with Crippen LogP contribution < -0.4 is 10.4 Å². The van der Waals surface area contributed by atoms with Crippen LogP contribution >= 0.6 is 0 Å². The molecule has 38 heavy (non-hydrogen) atoms. The van der Waals surface area contributed by atoms with Gasteiger partial charge in [0.25, 0.3) is 0 Å². The molecule has 3 atom stereocenters. The van der Waals surface area contributed by atoms with Crippen LogP contribution in [0, 0.1) is 6.92 Å². The fourth-order valence-corrected chi connectivity index (χ4v) is 6.42. The largest absolute Gasteiger partial charge is 0.497 e. The maximum Gasteiger partial charge on any atom is 0.350 e. The minimum absolute atomic E-state index is 0.0588. The zero-order chi connectivity index (χ0) is 28.7. The van der Waals surface area contributed by atoms with Crippen LogP contribution in [0.2, 0.25) is 36.3 Å². The lowest BCUT2D eigenvalue weighted by Gasteiger charge is -2.40. The van der Waals surface area contributed by atoms with Crippen molar-refractivity contribution in [3.63, 3.8) is 0 Å². The van der Waals surface area contributed by atoms with Crippen LogP contribution in [0.4, 0.5) is 0 Å². The zero-order valence-electron chi connectivity index (χ0n) is 25.5. The minimum Gasteiger partial charge on any atom is -0.497 e. The summed E-state index contributed by atoms with van der Waals surface area (Å²) in [6.07, 6.45) is 1.56. The van der Waals surface area contributed by atoms with Gasteiger partial charge in [0.2, 0.25) is 0 Å². The Kier molecular flexibility index (Phi) is 8.90. The Morgan fingerprint density at radius 1 is 1.05 bits per heavy atom. The summed E-state index contributed by atoms with van der Waals surface area (Å²) < 4.78 is 27.0. The smallest absolute Gasteiger partial charge is 0.350 e. The molecule has 0 unspecified atom stereocenters. The van der Waals surface area contributed by atoms with Crippen LogP contribution in [0.25, 0.3) is 11.3 Å². The van der Waals surface area contributed by atoms with Crippen molar-refractivity contribution in [3.05, 3.63) is 46.5 Å². The molecular weight excluding hydrogens is 513 g/mol. The van der Waals surface area contributed by atoms with Gasteiger partial charge in [0.05, 0.1) is 25.5 Å². The Hall–Kier alpha value is -1.79. The second-order valence-electron chi connectivity index (χ2n) is 13.5. The van der Waals surface area contributed by atoms with E-state index in [1.807, 2.05) is 37.4 Å². The second-order valence-corrected chi connectivity index (χ2v) is 23.1. The Bertz CT molecular complexity index is 1180. The van der Waals surface area contributed by atoms with Crippen molar-refractivity contribution in [3.8, 4) is 17.0 Å². The molecular formula is C29H48N2O5Si2. The molecule has 1 aromatic carbocycles. The first kappa shape index (κ1) is 30.8. The molecule has 1 aromatic heterocycles. The molecule has 0 bridgehead atoms. The summed E-state index contributed by atoms with van der Waals surface area (Å²) in [4.78, 5) is 17.8. The molecule has 2 aromatic rings. The summed E-state index contributed by atoms with van der Waals surface area (Å²) in [5.41, 5.74) is 2.05. The van der Waals surface area contributed by atoms with E-state index in [2.05, 4.69) is 72.7 Å². The third-order valence-corrected chi connectivity index (χ3v) is 17.6. The van der Waals surface area contributed by atoms with Crippen LogP contribution in [-0.4, -0.2) is 52.1 Å². The van der Waals surface area contributed by atoms with Crippen molar-refractivity contribution in [1.82, 2.24) is 9.55 Å². The van der Waals surface area contributed by atoms with E-state index in [0.717, 1.165) is 16.9 Å². The van der Waals surface area contributed by atoms with Gasteiger partial charge in [-0.3, -0.25) is 4.57 Å². The molecule has 3 rings (SSSR count). The van der Waals surface area contributed by atoms with Crippen molar-refractivity contribution in [2.24, 2.45) is 0 Å². The predicted octanol–water partition coefficient (Wildman–Crippen LogP) is 6.93. The van der Waals surface area contributed by atoms with E-state index in [1.165, 1.54) is 0 Å². The maximum atomic E-state index is 13.3. The van der Waals surface area contributed by atoms with Crippen molar-refractivity contribution >= 4 is 16.6 Å². The fraction of sp³-hybridized carbons (Fsp3) is 0.655. The normalized spacial score (nSPS) is 21.1. The number of aryl methyl sites for hydroxylation is 1. The molecule has 9 heteroatoms. The molecule has 7 nitrogen and oxygen atoms in total. The van der Waals surface area contributed by atoms with Gasteiger partial charge in [-0.25, -0.2) is 4.79 Å². The van der Waals surface area contributed by atoms with Crippen LogP contribution in [0.15, 0.2) is 35.3 Å². The Morgan fingerprint density at radius 3 is 2.26 bits per heavy atom. The zero-order valence-corrected chi connectivity index (χ0v) is 27.5. The van der Waals surface area contributed by atoms with Gasteiger partial charge in [0, 0.05) is 18.2 Å². The summed E-state index contributed by atoms with van der Waals surface area (Å²) in [7, 11) is -2.44. The maximum absolute atomic E-state index is 13.3. The molecule has 0 radical (unpaired) electrons. The molecule has 1 fully saturated rings. The highest BCUT2D eigenvalue weighted by atomic mass is 28.4. The molecule has 2 heterocycles. The highest BCUT2D eigenvalue weighted by Crippen LogP contribution is 2.42. The van der Waals surface area contributed by atoms with Gasteiger partial charge < -0.3 is 18.3 Å². The summed E-state index contributed by atoms with van der Waals surface area (Å²) in [6.45, 7) is 24.9. The van der Waals surface area contributed by atoms with E-state index in [4.69, 9.17) is 18.3 Å². The van der Waals surface area contributed by atoms with Crippen molar-refractivity contribution in [2.45, 2.75) is 110 Å². The minimum atomic E-state index is -2.08. The van der Waals surface area contributed by atoms with E-state index >= 15 is 0 Å². The average molecular weight is 561 g/mol. The fourth-order valence-electron chi connectivity index (χ4n) is 4.04. The topological polar surface area (TPSA) is 71.8 Å². The lowest BCUT2D eigenvalue weighted by molar-refractivity contribution is -0.0412. The van der Waals surface area contributed by atoms with Gasteiger partial charge in [0.1, 0.15) is 18.1 Å². The number of aromatic nitrogens is 2. The second kappa shape index (κ2) is 11.0. The van der Waals surface area contributed by atoms with E-state index in [-0.39, 0.29) is 28.0 Å². The van der Waals surface area contributed by atoms with Crippen molar-refractivity contribution in [1.29, 1.82) is 0 Å². The molecule has 0 amide bonds. The number of nitrogens with zero attached hydrogens (tertiary/aromatic N) is 2. The number of ether oxygens (including phenoxy) is 2. The molecule has 212 valence electrons. The van der Waals surface area contributed by atoms with Gasteiger partial charge >= 0.3 is 5.69 Å². The third kappa shape index (κ3) is 6.67. The Balaban J connectivity index is 1.92. The highest BCUT2D eigenvalue weighted by Gasteiger charge is 2.46. The van der Waals surface area contributed by atoms with E-state index in [0.29, 0.717) is 18.7 Å². The number of benzene rings is 1. The highest BCUT2D eigenvalue weighted by molar-refractivity contribution is 6.74. The first-order valence-corrected chi connectivity index (χ1v) is 19.4. The quantitative estimate of drug-likeness (QED) is 0.326. The van der Waals surface area contributed by atoms with Gasteiger partial charge in [-0.1, -0.05) is 53.7 Å². The first-order chi connectivity index (χ1) is 17.4. The van der Waals surface area contributed by atoms with Crippen LogP contribution in [-0.2, 0) is 13.6 Å². The van der Waals surface area contributed by atoms with Crippen LogP contribution in [0.1, 0.15) is 59.8 Å². The standard InChI is InChI=1S/C29H48N2O5Si2/c1-20-18-31(27(32)30-26(20)21-14-13-15-22(16-21)33-8)25-17-23(36-38(11,12)29(5,6)7)24(35-25)19-34-37(9,10)28(2,3)4/h13-16,18,23-25H,17,19H2,1-12H3/t23-,24+,25+/m0/s1. The molecule has 0 N–H and O–H groups in total. The monoisotopic (exact) mass is 560 g/mol. The SMILES string of the molecule is COc1cccc(-c2nc(=O)n([C@H]3C[C@H](O[Si](C)(C)C(C)(C)C)[C@@H](CO[Si](C)(C)C(C)(C)C)O3)cc2C)c1. The molecule has 1 aliphatic heterocycles. The number of methoxy groups -OCH3 is 1. The first-order valence-electron chi connectivity index (χ1n) is 13.6. The number of hydrogen-bond donors (Lipinski definition) is 0. The van der Waals surface area contributed by atoms with E-state index < -0.39 is 22.9 Å². The predicted molar refractivity (Wildman–Crippen MR) is 159 cm³/mol. The third-order valence-electron chi connectivity index (χ3n) is 8.64. The molecule has 1 saturated heterocycles. The number of hydrogen-bond acceptors (Lipinski definition) is 6. The van der Waals surface area contributed by atoms with E-state index in [1.54, 1.807) is 11.7 Å². The molecule has 0 spiro atoms. The summed E-state index contributed by atoms with van der Waals surface area (Å²) in [5.74, 6) is 0.724. The van der Waals surface area contributed by atoms with Gasteiger partial charge in [-0.05, 0) is 60.9 Å². The Labute approximate surface area is 231 Å². The summed E-state index contributed by atoms with van der Waals surface area (Å²) in [6, 6.07) is 7.60. The van der Waals surface area contributed by atoms with Gasteiger partial charge in [-0.2, -0.15) is 4.98 Å². The van der Waals surface area contributed by atoms with Gasteiger partial charge in [-0.15, -0.1) is 0 Å². The Morgan fingerprint density at radius 2 is 1.68 bits per heavy atom. The van der Waals surface area contributed by atoms with Crippen molar-refractivity contribution < 1.29 is 18.3 Å². The number of rotatable bonds is 8. The molecule has 1 aliphatic rings. The van der Waals surface area contributed by atoms with Crippen molar-refractivity contribution in [2.75, 3.05) is 13.7 Å². The molecule has 0 aliphatic carbocycles. The van der Waals surface area contributed by atoms with Gasteiger partial charge in [0.15, 0.2) is 16.6 Å². The lowest BCUT2D eigenvalue weighted by Crippen LogP contribution is -2.48. The lowest BCUT2D eigenvalue weighted by atomic mass is 10.1. The van der Waals surface area contributed by atoms with E-state index in [9.17, 15) is 4.79 Å². The summed E-state index contributed by atoms with van der Waals surface area (Å²) >= 11 is 0. The van der Waals surface area contributed by atoms with Crippen LogP contribution in [0.5, 0.6) is 5.75 Å². The van der Waals surface area contributed by atoms with Crippen LogP contribution in [0.3, 0.4) is 0 Å². The molecule has 0 saturated carbocycles.